The maximum absolute atomic E-state index is 11.3. The summed E-state index contributed by atoms with van der Waals surface area (Å²) in [5, 5.41) is 42.3. The summed E-state index contributed by atoms with van der Waals surface area (Å²) in [6.07, 6.45) is -5.15. The van der Waals surface area contributed by atoms with Gasteiger partial charge in [-0.05, 0) is 12.1 Å². The minimum absolute atomic E-state index is 0.131. The molecular weight excluding hydrogens is 324 g/mol. The van der Waals surface area contributed by atoms with E-state index < -0.39 is 48.1 Å². The third-order valence-electron chi connectivity index (χ3n) is 3.55. The van der Waals surface area contributed by atoms with E-state index >= 15 is 0 Å². The molecule has 24 heavy (non-hydrogen) atoms. The lowest BCUT2D eigenvalue weighted by Gasteiger charge is -2.42. The Bertz CT molecular complexity index is 593. The van der Waals surface area contributed by atoms with E-state index in [0.717, 1.165) is 0 Å². The van der Waals surface area contributed by atoms with Gasteiger partial charge in [-0.15, -0.1) is 0 Å². The number of nitrogens with one attached hydrogen (secondary N) is 1. The number of ether oxygens (including phenoxy) is 2. The Hall–Kier alpha value is -2.27. The largest absolute Gasteiger partial charge is 0.463 e. The second-order valence-electron chi connectivity index (χ2n) is 5.30. The van der Waals surface area contributed by atoms with Crippen LogP contribution in [0.5, 0.6) is 5.75 Å². The van der Waals surface area contributed by atoms with Gasteiger partial charge in [-0.25, -0.2) is 0 Å². The first-order chi connectivity index (χ1) is 11.3. The first kappa shape index (κ1) is 18.1. The van der Waals surface area contributed by atoms with Gasteiger partial charge in [0.05, 0.1) is 11.5 Å². The summed E-state index contributed by atoms with van der Waals surface area (Å²) in [5.41, 5.74) is -0.131. The average molecular weight is 342 g/mol. The Morgan fingerprint density at radius 2 is 1.96 bits per heavy atom. The van der Waals surface area contributed by atoms with E-state index in [1.165, 1.54) is 31.2 Å². The number of hydrogen-bond donors (Lipinski definition) is 4. The van der Waals surface area contributed by atoms with Crippen molar-refractivity contribution >= 4 is 11.6 Å². The number of benzene rings is 1. The first-order valence-corrected chi connectivity index (χ1v) is 7.14. The second-order valence-corrected chi connectivity index (χ2v) is 5.30. The van der Waals surface area contributed by atoms with Crippen molar-refractivity contribution in [2.75, 3.05) is 6.61 Å². The quantitative estimate of drug-likeness (QED) is 0.389. The maximum Gasteiger partial charge on any atom is 0.269 e. The number of aliphatic hydroxyl groups is 3. The van der Waals surface area contributed by atoms with Crippen LogP contribution in [0.3, 0.4) is 0 Å². The molecule has 132 valence electrons. The minimum Gasteiger partial charge on any atom is -0.463 e. The third-order valence-corrected chi connectivity index (χ3v) is 3.55. The van der Waals surface area contributed by atoms with Gasteiger partial charge < -0.3 is 30.1 Å². The van der Waals surface area contributed by atoms with Gasteiger partial charge in [0.15, 0.2) is 0 Å². The molecule has 1 aromatic carbocycles. The molecule has 0 bridgehead atoms. The predicted octanol–water partition coefficient (Wildman–Crippen LogP) is -1.08. The average Bonchev–Trinajstić information content (AvgIpc) is 2.54. The summed E-state index contributed by atoms with van der Waals surface area (Å²) in [6.45, 7) is 0.658. The van der Waals surface area contributed by atoms with Crippen molar-refractivity contribution < 1.29 is 34.5 Å². The number of aliphatic hydroxyl groups excluding tert-OH is 3. The molecule has 10 nitrogen and oxygen atoms in total. The summed E-state index contributed by atoms with van der Waals surface area (Å²) in [6, 6.07) is 4.02. The van der Waals surface area contributed by atoms with Gasteiger partial charge in [0, 0.05) is 19.1 Å². The van der Waals surface area contributed by atoms with Crippen LogP contribution in [0.1, 0.15) is 6.92 Å². The number of amides is 1. The van der Waals surface area contributed by atoms with Crippen molar-refractivity contribution in [1.29, 1.82) is 0 Å². The number of carbonyl (C=O) groups is 1. The Morgan fingerprint density at radius 3 is 2.46 bits per heavy atom. The highest BCUT2D eigenvalue weighted by Crippen LogP contribution is 2.25. The standard InChI is InChI=1S/C14H18N2O8/c1-7(18)15-11-13(20)12(19)10(6-17)24-14(11)23-9-4-2-8(3-5-9)16(21)22/h2-5,10-14,17,19-20H,6H2,1H3,(H,15,18)/t10-,11+,12+,13-,14-/m1/s1. The molecular formula is C14H18N2O8. The van der Waals surface area contributed by atoms with Crippen molar-refractivity contribution in [3.63, 3.8) is 0 Å². The molecule has 1 saturated heterocycles. The molecule has 0 unspecified atom stereocenters. The van der Waals surface area contributed by atoms with Crippen molar-refractivity contribution in [3.8, 4) is 5.75 Å². The third kappa shape index (κ3) is 3.97. The first-order valence-electron chi connectivity index (χ1n) is 7.14. The van der Waals surface area contributed by atoms with Crippen LogP contribution < -0.4 is 10.1 Å². The zero-order valence-electron chi connectivity index (χ0n) is 12.7. The lowest BCUT2D eigenvalue weighted by Crippen LogP contribution is -2.65. The summed E-state index contributed by atoms with van der Waals surface area (Å²) in [7, 11) is 0. The number of nitro groups is 1. The van der Waals surface area contributed by atoms with Crippen LogP contribution in [-0.4, -0.2) is 63.4 Å². The lowest BCUT2D eigenvalue weighted by molar-refractivity contribution is -0.384. The van der Waals surface area contributed by atoms with Gasteiger partial charge in [0.25, 0.3) is 5.69 Å². The molecule has 1 aromatic rings. The molecule has 0 radical (unpaired) electrons. The molecule has 4 N–H and O–H groups in total. The Balaban J connectivity index is 2.19. The number of hydrogen-bond acceptors (Lipinski definition) is 8. The fraction of sp³-hybridized carbons (Fsp3) is 0.500. The highest BCUT2D eigenvalue weighted by Gasteiger charge is 2.46. The summed E-state index contributed by atoms with van der Waals surface area (Å²) in [4.78, 5) is 21.4. The molecule has 1 amide bonds. The number of nitrogens with zero attached hydrogens (tertiary/aromatic N) is 1. The molecule has 1 heterocycles. The number of nitro benzene ring substituents is 1. The molecule has 0 spiro atoms. The smallest absolute Gasteiger partial charge is 0.269 e. The van der Waals surface area contributed by atoms with E-state index in [2.05, 4.69) is 5.32 Å². The Kier molecular flexibility index (Phi) is 5.67. The van der Waals surface area contributed by atoms with Crippen LogP contribution in [-0.2, 0) is 9.53 Å². The van der Waals surface area contributed by atoms with Crippen molar-refractivity contribution in [1.82, 2.24) is 5.32 Å². The molecule has 1 aliphatic heterocycles. The van der Waals surface area contributed by atoms with Crippen LogP contribution in [0.4, 0.5) is 5.69 Å². The van der Waals surface area contributed by atoms with E-state index in [9.17, 15) is 30.2 Å². The van der Waals surface area contributed by atoms with E-state index in [1.54, 1.807) is 0 Å². The summed E-state index contributed by atoms with van der Waals surface area (Å²) >= 11 is 0. The normalized spacial score (nSPS) is 29.8. The van der Waals surface area contributed by atoms with Crippen molar-refractivity contribution in [2.24, 2.45) is 0 Å². The van der Waals surface area contributed by atoms with E-state index in [0.29, 0.717) is 0 Å². The van der Waals surface area contributed by atoms with Crippen LogP contribution in [0.15, 0.2) is 24.3 Å². The zero-order valence-corrected chi connectivity index (χ0v) is 12.7. The molecule has 0 aromatic heterocycles. The SMILES string of the molecule is CC(=O)N[C@@H]1[C@H](Oc2ccc([N+](=O)[O-])cc2)O[C@H](CO)[C@H](O)[C@@H]1O. The van der Waals surface area contributed by atoms with Crippen molar-refractivity contribution in [2.45, 2.75) is 37.6 Å². The Morgan fingerprint density at radius 1 is 1.33 bits per heavy atom. The topological polar surface area (TPSA) is 151 Å². The van der Waals surface area contributed by atoms with Crippen LogP contribution in [0.25, 0.3) is 0 Å². The second kappa shape index (κ2) is 7.53. The summed E-state index contributed by atoms with van der Waals surface area (Å²) in [5.74, 6) is -0.282. The monoisotopic (exact) mass is 342 g/mol. The van der Waals surface area contributed by atoms with Crippen molar-refractivity contribution in [3.05, 3.63) is 34.4 Å². The van der Waals surface area contributed by atoms with E-state index in [4.69, 9.17) is 9.47 Å². The number of rotatable bonds is 5. The molecule has 10 heteroatoms. The number of carbonyl (C=O) groups excluding carboxylic acids is 1. The summed E-state index contributed by atoms with van der Waals surface area (Å²) < 4.78 is 10.9. The van der Waals surface area contributed by atoms with Crippen LogP contribution >= 0.6 is 0 Å². The maximum atomic E-state index is 11.3. The van der Waals surface area contributed by atoms with Gasteiger partial charge in [-0.2, -0.15) is 0 Å². The molecule has 0 saturated carbocycles. The fourth-order valence-corrected chi connectivity index (χ4v) is 2.35. The van der Waals surface area contributed by atoms with Crippen LogP contribution in [0, 0.1) is 10.1 Å². The molecule has 0 aliphatic carbocycles. The molecule has 1 aliphatic rings. The minimum atomic E-state index is -1.43. The van der Waals surface area contributed by atoms with Gasteiger partial charge in [-0.3, -0.25) is 14.9 Å². The highest BCUT2D eigenvalue weighted by atomic mass is 16.7. The number of non-ortho nitro benzene ring substituents is 1. The van der Waals surface area contributed by atoms with Gasteiger partial charge in [0.1, 0.15) is 30.1 Å². The zero-order chi connectivity index (χ0) is 17.9. The molecule has 1 fully saturated rings. The van der Waals surface area contributed by atoms with Gasteiger partial charge in [-0.1, -0.05) is 0 Å². The van der Waals surface area contributed by atoms with E-state index in [-0.39, 0.29) is 11.4 Å². The van der Waals surface area contributed by atoms with Gasteiger partial charge >= 0.3 is 0 Å². The molecule has 5 atom stereocenters. The van der Waals surface area contributed by atoms with E-state index in [1.807, 2.05) is 0 Å². The predicted molar refractivity (Wildman–Crippen MR) is 79.1 cm³/mol. The fourth-order valence-electron chi connectivity index (χ4n) is 2.35. The van der Waals surface area contributed by atoms with Crippen LogP contribution in [0.2, 0.25) is 0 Å². The van der Waals surface area contributed by atoms with Gasteiger partial charge in [0.2, 0.25) is 12.2 Å². The molecule has 2 rings (SSSR count). The lowest BCUT2D eigenvalue weighted by atomic mass is 9.97. The highest BCUT2D eigenvalue weighted by molar-refractivity contribution is 5.73. The Labute approximate surface area is 136 Å².